The van der Waals surface area contributed by atoms with E-state index in [1.165, 1.54) is 0 Å². The Morgan fingerprint density at radius 1 is 1.12 bits per heavy atom. The first-order chi connectivity index (χ1) is 11.6. The number of likely N-dealkylation sites (N-methyl/N-ethyl adjacent to an activating group) is 1. The largest absolute Gasteiger partial charge is 0.457 e. The molecule has 1 fully saturated rings. The smallest absolute Gasteiger partial charge is 0.234 e. The molecule has 4 rings (SSSR count). The molecule has 0 radical (unpaired) electrons. The lowest BCUT2D eigenvalue weighted by Gasteiger charge is -2.31. The maximum Gasteiger partial charge on any atom is 0.234 e. The molecule has 2 aromatic rings. The number of aliphatic hydroxyl groups excluding tert-OH is 1. The van der Waals surface area contributed by atoms with Crippen LogP contribution in [0.5, 0.6) is 11.5 Å². The van der Waals surface area contributed by atoms with E-state index >= 15 is 0 Å². The molecule has 124 valence electrons. The lowest BCUT2D eigenvalue weighted by atomic mass is 9.87. The van der Waals surface area contributed by atoms with Crippen LogP contribution in [0.1, 0.15) is 29.9 Å². The van der Waals surface area contributed by atoms with Crippen LogP contribution in [-0.2, 0) is 4.79 Å². The van der Waals surface area contributed by atoms with Gasteiger partial charge < -0.3 is 14.7 Å². The van der Waals surface area contributed by atoms with Crippen molar-refractivity contribution in [3.05, 3.63) is 59.7 Å². The quantitative estimate of drug-likeness (QED) is 0.940. The molecule has 24 heavy (non-hydrogen) atoms. The number of para-hydroxylation sites is 2. The summed E-state index contributed by atoms with van der Waals surface area (Å²) in [6, 6.07) is 15.3. The van der Waals surface area contributed by atoms with Gasteiger partial charge in [-0.2, -0.15) is 0 Å². The van der Waals surface area contributed by atoms with Crippen LogP contribution < -0.4 is 4.74 Å². The molecule has 4 nitrogen and oxygen atoms in total. The van der Waals surface area contributed by atoms with Gasteiger partial charge in [0.25, 0.3) is 0 Å². The average Bonchev–Trinajstić information content (AvgIpc) is 3.44. The van der Waals surface area contributed by atoms with Gasteiger partial charge in [0, 0.05) is 24.7 Å². The number of benzene rings is 2. The number of nitrogens with zero attached hydrogens (tertiary/aromatic N) is 1. The molecule has 1 saturated carbocycles. The lowest BCUT2D eigenvalue weighted by molar-refractivity contribution is -0.132. The summed E-state index contributed by atoms with van der Waals surface area (Å²) in [5.74, 6) is 1.42. The minimum Gasteiger partial charge on any atom is -0.457 e. The third kappa shape index (κ3) is 2.67. The highest BCUT2D eigenvalue weighted by Gasteiger charge is 2.36. The highest BCUT2D eigenvalue weighted by atomic mass is 16.5. The average molecular weight is 323 g/mol. The summed E-state index contributed by atoms with van der Waals surface area (Å²) in [5, 5.41) is 10.2. The van der Waals surface area contributed by atoms with Crippen LogP contribution in [0.25, 0.3) is 0 Å². The van der Waals surface area contributed by atoms with Crippen molar-refractivity contribution < 1.29 is 14.6 Å². The summed E-state index contributed by atoms with van der Waals surface area (Å²) in [7, 11) is 1.77. The summed E-state index contributed by atoms with van der Waals surface area (Å²) >= 11 is 0. The molecule has 0 saturated heterocycles. The van der Waals surface area contributed by atoms with Crippen molar-refractivity contribution in [2.75, 3.05) is 13.6 Å². The summed E-state index contributed by atoms with van der Waals surface area (Å²) in [6.45, 7) is 0.380. The second kappa shape index (κ2) is 5.95. The Balaban J connectivity index is 1.67. The lowest BCUT2D eigenvalue weighted by Crippen LogP contribution is -2.39. The van der Waals surface area contributed by atoms with Gasteiger partial charge >= 0.3 is 0 Å². The molecular formula is C20H21NO3. The molecular weight excluding hydrogens is 302 g/mol. The predicted octanol–water partition coefficient (Wildman–Crippen LogP) is 3.15. The van der Waals surface area contributed by atoms with Gasteiger partial charge in [-0.3, -0.25) is 4.79 Å². The van der Waals surface area contributed by atoms with Gasteiger partial charge in [0.05, 0.1) is 12.0 Å². The van der Waals surface area contributed by atoms with E-state index < -0.39 is 6.10 Å². The summed E-state index contributed by atoms with van der Waals surface area (Å²) in [6.07, 6.45) is 1.70. The molecule has 0 aromatic heterocycles. The molecule has 2 aliphatic rings. The van der Waals surface area contributed by atoms with Gasteiger partial charge in [0.15, 0.2) is 0 Å². The highest BCUT2D eigenvalue weighted by molar-refractivity contribution is 5.89. The molecule has 1 aliphatic carbocycles. The first kappa shape index (κ1) is 15.2. The zero-order chi connectivity index (χ0) is 16.7. The molecule has 1 N–H and O–H groups in total. The fraction of sp³-hybridized carbons (Fsp3) is 0.350. The van der Waals surface area contributed by atoms with E-state index in [9.17, 15) is 9.90 Å². The van der Waals surface area contributed by atoms with Crippen molar-refractivity contribution in [3.63, 3.8) is 0 Å². The Hall–Kier alpha value is -2.33. The molecule has 0 spiro atoms. The van der Waals surface area contributed by atoms with E-state index in [0.717, 1.165) is 35.5 Å². The fourth-order valence-electron chi connectivity index (χ4n) is 3.40. The number of carbonyl (C=O) groups excluding carboxylic acids is 1. The third-order valence-corrected chi connectivity index (χ3v) is 4.93. The van der Waals surface area contributed by atoms with Crippen LogP contribution in [0.2, 0.25) is 0 Å². The third-order valence-electron chi connectivity index (χ3n) is 4.93. The van der Waals surface area contributed by atoms with E-state index in [1.807, 2.05) is 48.5 Å². The number of hydrogen-bond acceptors (Lipinski definition) is 3. The monoisotopic (exact) mass is 323 g/mol. The number of carbonyl (C=O) groups is 1. The molecule has 4 heteroatoms. The van der Waals surface area contributed by atoms with Crippen molar-refractivity contribution >= 4 is 5.91 Å². The molecule has 0 bridgehead atoms. The van der Waals surface area contributed by atoms with Crippen molar-refractivity contribution in [1.29, 1.82) is 0 Å². The number of amides is 1. The van der Waals surface area contributed by atoms with Crippen molar-refractivity contribution in [3.8, 4) is 11.5 Å². The van der Waals surface area contributed by atoms with E-state index in [0.29, 0.717) is 12.5 Å². The highest BCUT2D eigenvalue weighted by Crippen LogP contribution is 2.44. The molecule has 1 aliphatic heterocycles. The standard InChI is InChI=1S/C20H21NO3/c1-21(12-16(22)13-10-11-13)20(23)19-14-6-2-4-8-17(14)24-18-9-5-3-7-15(18)19/h2-9,13,16,19,22H,10-12H2,1H3. The zero-order valence-electron chi connectivity index (χ0n) is 13.7. The summed E-state index contributed by atoms with van der Waals surface area (Å²) in [5.41, 5.74) is 1.77. The molecule has 1 amide bonds. The molecule has 1 unspecified atom stereocenters. The number of fused-ring (bicyclic) bond motifs is 2. The fourth-order valence-corrected chi connectivity index (χ4v) is 3.40. The minimum atomic E-state index is -0.427. The van der Waals surface area contributed by atoms with Crippen molar-refractivity contribution in [2.24, 2.45) is 5.92 Å². The first-order valence-corrected chi connectivity index (χ1v) is 8.44. The Labute approximate surface area is 141 Å². The molecule has 2 aromatic carbocycles. The second-order valence-electron chi connectivity index (χ2n) is 6.73. The van der Waals surface area contributed by atoms with Crippen LogP contribution in [0.15, 0.2) is 48.5 Å². The Bertz CT molecular complexity index is 723. The Morgan fingerprint density at radius 2 is 1.67 bits per heavy atom. The van der Waals surface area contributed by atoms with E-state index in [4.69, 9.17) is 4.74 Å². The van der Waals surface area contributed by atoms with Gasteiger partial charge in [-0.05, 0) is 30.9 Å². The van der Waals surface area contributed by atoms with Crippen molar-refractivity contribution in [2.45, 2.75) is 24.9 Å². The minimum absolute atomic E-state index is 0.00194. The molecule has 1 atom stereocenters. The number of hydrogen-bond donors (Lipinski definition) is 1. The summed E-state index contributed by atoms with van der Waals surface area (Å²) in [4.78, 5) is 14.8. The number of aliphatic hydroxyl groups is 1. The Kier molecular flexibility index (Phi) is 3.77. The van der Waals surface area contributed by atoms with Gasteiger partial charge in [-0.1, -0.05) is 36.4 Å². The number of ether oxygens (including phenoxy) is 1. The maximum atomic E-state index is 13.2. The maximum absolute atomic E-state index is 13.2. The number of rotatable bonds is 4. The van der Waals surface area contributed by atoms with Crippen LogP contribution in [0.4, 0.5) is 0 Å². The van der Waals surface area contributed by atoms with Crippen LogP contribution in [0, 0.1) is 5.92 Å². The van der Waals surface area contributed by atoms with E-state index in [-0.39, 0.29) is 11.8 Å². The van der Waals surface area contributed by atoms with Gasteiger partial charge in [0.2, 0.25) is 5.91 Å². The van der Waals surface area contributed by atoms with Crippen molar-refractivity contribution in [1.82, 2.24) is 4.90 Å². The van der Waals surface area contributed by atoms with Crippen LogP contribution >= 0.6 is 0 Å². The topological polar surface area (TPSA) is 49.8 Å². The predicted molar refractivity (Wildman–Crippen MR) is 91.2 cm³/mol. The summed E-state index contributed by atoms with van der Waals surface area (Å²) < 4.78 is 5.95. The van der Waals surface area contributed by atoms with Crippen LogP contribution in [-0.4, -0.2) is 35.6 Å². The Morgan fingerprint density at radius 3 is 2.21 bits per heavy atom. The van der Waals surface area contributed by atoms with Gasteiger partial charge in [-0.25, -0.2) is 0 Å². The van der Waals surface area contributed by atoms with E-state index in [1.54, 1.807) is 11.9 Å². The first-order valence-electron chi connectivity index (χ1n) is 8.44. The van der Waals surface area contributed by atoms with Gasteiger partial charge in [-0.15, -0.1) is 0 Å². The SMILES string of the molecule is CN(CC(O)C1CC1)C(=O)C1c2ccccc2Oc2ccccc21. The van der Waals surface area contributed by atoms with E-state index in [2.05, 4.69) is 0 Å². The molecule has 1 heterocycles. The second-order valence-corrected chi connectivity index (χ2v) is 6.73. The zero-order valence-corrected chi connectivity index (χ0v) is 13.7. The van der Waals surface area contributed by atoms with Crippen LogP contribution in [0.3, 0.4) is 0 Å². The normalized spacial score (nSPS) is 17.4. The van der Waals surface area contributed by atoms with Gasteiger partial charge in [0.1, 0.15) is 11.5 Å².